The van der Waals surface area contributed by atoms with Crippen LogP contribution in [0.4, 0.5) is 27.7 Å². The molecule has 5 N–H and O–H groups in total. The molecular weight excluding hydrogens is 503 g/mol. The van der Waals surface area contributed by atoms with E-state index in [2.05, 4.69) is 55.0 Å². The van der Waals surface area contributed by atoms with Gasteiger partial charge in [-0.2, -0.15) is 9.97 Å². The molecule has 9 heteroatoms. The smallest absolute Gasteiger partial charge is 0.226 e. The molecule has 40 heavy (non-hydrogen) atoms. The number of aromatic nitrogens is 2. The third-order valence-corrected chi connectivity index (χ3v) is 7.90. The lowest BCUT2D eigenvalue weighted by Crippen LogP contribution is -2.46. The third-order valence-electron chi connectivity index (χ3n) is 7.90. The van der Waals surface area contributed by atoms with Crippen LogP contribution in [-0.2, 0) is 13.1 Å². The number of piperazine rings is 1. The monoisotopic (exact) mass is 546 g/mol. The molecule has 1 aromatic heterocycles. The van der Waals surface area contributed by atoms with Crippen LogP contribution in [-0.4, -0.2) is 55.3 Å². The van der Waals surface area contributed by atoms with Crippen LogP contribution in [0.2, 0.25) is 0 Å². The van der Waals surface area contributed by atoms with Gasteiger partial charge in [-0.3, -0.25) is 0 Å². The zero-order valence-electron chi connectivity index (χ0n) is 23.4. The number of anilines is 4. The molecule has 5 rings (SSSR count). The first-order chi connectivity index (χ1) is 19.6. The Kier molecular flexibility index (Phi) is 10.0. The number of nitrogens with two attached hydrogens (primary N) is 1. The van der Waals surface area contributed by atoms with Crippen molar-refractivity contribution in [3.8, 4) is 0 Å². The number of benzene rings is 2. The standard InChI is InChI=1S/C31H43FN8/c32-26-11-13-28(14-12-26)39-17-19-40(20-18-39)30-21-29(33)37-31(38-30)36-23-25-9-7-24(8-10-25)22-34-15-4-16-35-27-5-2-1-3-6-27/h7-14,21,27,34-35H,1-6,15-20,22-23H2,(H3,33,36,37,38). The fraction of sp³-hybridized carbons (Fsp3) is 0.484. The Bertz CT molecular complexity index is 1170. The summed E-state index contributed by atoms with van der Waals surface area (Å²) in [6.45, 7) is 6.91. The van der Waals surface area contributed by atoms with Gasteiger partial charge in [0.25, 0.3) is 0 Å². The molecular formula is C31H43FN8. The molecule has 8 nitrogen and oxygen atoms in total. The van der Waals surface area contributed by atoms with Gasteiger partial charge in [-0.15, -0.1) is 0 Å². The quantitative estimate of drug-likeness (QED) is 0.246. The van der Waals surface area contributed by atoms with Crippen LogP contribution in [0.15, 0.2) is 54.6 Å². The third kappa shape index (κ3) is 8.29. The van der Waals surface area contributed by atoms with Crippen molar-refractivity contribution in [2.45, 2.75) is 57.7 Å². The van der Waals surface area contributed by atoms with Crippen molar-refractivity contribution >= 4 is 23.3 Å². The summed E-state index contributed by atoms with van der Waals surface area (Å²) in [5.41, 5.74) is 9.62. The van der Waals surface area contributed by atoms with E-state index >= 15 is 0 Å². The van der Waals surface area contributed by atoms with Crippen LogP contribution in [0.25, 0.3) is 0 Å². The molecule has 1 saturated heterocycles. The second kappa shape index (κ2) is 14.3. The van der Waals surface area contributed by atoms with Gasteiger partial charge >= 0.3 is 0 Å². The largest absolute Gasteiger partial charge is 0.383 e. The SMILES string of the molecule is Nc1cc(N2CCN(c3ccc(F)cc3)CC2)nc(NCc2ccc(CNCCCNC3CCCCC3)cc2)n1. The molecule has 0 spiro atoms. The minimum absolute atomic E-state index is 0.213. The second-order valence-electron chi connectivity index (χ2n) is 10.9. The van der Waals surface area contributed by atoms with Gasteiger partial charge in [0.2, 0.25) is 5.95 Å². The number of nitrogen functional groups attached to an aromatic ring is 1. The lowest BCUT2D eigenvalue weighted by Gasteiger charge is -2.36. The Morgan fingerprint density at radius 1 is 0.800 bits per heavy atom. The summed E-state index contributed by atoms with van der Waals surface area (Å²) in [5.74, 6) is 1.59. The van der Waals surface area contributed by atoms with Gasteiger partial charge in [-0.1, -0.05) is 43.5 Å². The highest BCUT2D eigenvalue weighted by Crippen LogP contribution is 2.22. The van der Waals surface area contributed by atoms with Crippen LogP contribution >= 0.6 is 0 Å². The van der Waals surface area contributed by atoms with Crippen molar-refractivity contribution in [1.82, 2.24) is 20.6 Å². The number of nitrogens with zero attached hydrogens (tertiary/aromatic N) is 4. The van der Waals surface area contributed by atoms with Crippen LogP contribution in [0.5, 0.6) is 0 Å². The van der Waals surface area contributed by atoms with Crippen molar-refractivity contribution in [2.24, 2.45) is 0 Å². The topological polar surface area (TPSA) is 94.4 Å². The lowest BCUT2D eigenvalue weighted by molar-refractivity contribution is 0.371. The fourth-order valence-electron chi connectivity index (χ4n) is 5.55. The molecule has 2 aromatic carbocycles. The fourth-order valence-corrected chi connectivity index (χ4v) is 5.55. The van der Waals surface area contributed by atoms with Gasteiger partial charge in [-0.05, 0) is 67.7 Å². The van der Waals surface area contributed by atoms with Crippen molar-refractivity contribution in [1.29, 1.82) is 0 Å². The highest BCUT2D eigenvalue weighted by atomic mass is 19.1. The highest BCUT2D eigenvalue weighted by Gasteiger charge is 2.19. The molecule has 1 aliphatic heterocycles. The van der Waals surface area contributed by atoms with E-state index in [1.54, 1.807) is 0 Å². The van der Waals surface area contributed by atoms with Gasteiger partial charge in [-0.25, -0.2) is 4.39 Å². The van der Waals surface area contributed by atoms with Crippen LogP contribution in [0.3, 0.4) is 0 Å². The minimum Gasteiger partial charge on any atom is -0.383 e. The van der Waals surface area contributed by atoms with E-state index in [0.29, 0.717) is 18.3 Å². The van der Waals surface area contributed by atoms with Gasteiger partial charge in [0.05, 0.1) is 0 Å². The number of halogens is 1. The maximum absolute atomic E-state index is 13.3. The summed E-state index contributed by atoms with van der Waals surface area (Å²) in [6, 6.07) is 17.9. The van der Waals surface area contributed by atoms with Crippen molar-refractivity contribution < 1.29 is 4.39 Å². The number of hydrogen-bond donors (Lipinski definition) is 4. The first-order valence-electron chi connectivity index (χ1n) is 14.8. The van der Waals surface area contributed by atoms with Crippen molar-refractivity contribution in [2.75, 3.05) is 60.1 Å². The Morgan fingerprint density at radius 3 is 2.20 bits per heavy atom. The van der Waals surface area contributed by atoms with Crippen LogP contribution in [0, 0.1) is 5.82 Å². The summed E-state index contributed by atoms with van der Waals surface area (Å²) >= 11 is 0. The van der Waals surface area contributed by atoms with E-state index in [4.69, 9.17) is 10.7 Å². The molecule has 2 fully saturated rings. The maximum atomic E-state index is 13.3. The molecule has 0 bridgehead atoms. The van der Waals surface area contributed by atoms with Crippen LogP contribution in [0.1, 0.15) is 49.7 Å². The number of rotatable bonds is 12. The Hall–Kier alpha value is -3.43. The normalized spacial score (nSPS) is 16.3. The zero-order valence-corrected chi connectivity index (χ0v) is 23.4. The van der Waals surface area contributed by atoms with Gasteiger partial charge in [0, 0.05) is 57.1 Å². The van der Waals surface area contributed by atoms with Gasteiger partial charge < -0.3 is 31.5 Å². The summed E-state index contributed by atoms with van der Waals surface area (Å²) in [4.78, 5) is 13.6. The van der Waals surface area contributed by atoms with Crippen molar-refractivity contribution in [3.63, 3.8) is 0 Å². The summed E-state index contributed by atoms with van der Waals surface area (Å²) in [6.07, 6.45) is 8.02. The van der Waals surface area contributed by atoms with E-state index in [9.17, 15) is 4.39 Å². The summed E-state index contributed by atoms with van der Waals surface area (Å²) in [7, 11) is 0. The number of nitrogens with one attached hydrogen (secondary N) is 3. The molecule has 1 saturated carbocycles. The zero-order chi connectivity index (χ0) is 27.6. The highest BCUT2D eigenvalue weighted by molar-refractivity contribution is 5.54. The second-order valence-corrected chi connectivity index (χ2v) is 10.9. The molecule has 214 valence electrons. The van der Waals surface area contributed by atoms with Crippen molar-refractivity contribution in [3.05, 3.63) is 71.5 Å². The molecule has 2 aliphatic rings. The molecule has 0 atom stereocenters. The lowest BCUT2D eigenvalue weighted by atomic mass is 9.95. The van der Waals surface area contributed by atoms with E-state index < -0.39 is 0 Å². The molecule has 0 radical (unpaired) electrons. The summed E-state index contributed by atoms with van der Waals surface area (Å²) in [5, 5.41) is 10.6. The van der Waals surface area contributed by atoms with E-state index in [1.165, 1.54) is 55.4 Å². The molecule has 2 heterocycles. The van der Waals surface area contributed by atoms with E-state index in [-0.39, 0.29) is 5.82 Å². The van der Waals surface area contributed by atoms with E-state index in [1.807, 2.05) is 18.2 Å². The average Bonchev–Trinajstić information content (AvgIpc) is 2.99. The van der Waals surface area contributed by atoms with E-state index in [0.717, 1.165) is 69.8 Å². The molecule has 1 aliphatic carbocycles. The molecule has 3 aromatic rings. The predicted octanol–water partition coefficient (Wildman–Crippen LogP) is 4.54. The molecule has 0 amide bonds. The van der Waals surface area contributed by atoms with Gasteiger partial charge in [0.1, 0.15) is 17.5 Å². The minimum atomic E-state index is -0.213. The predicted molar refractivity (Wildman–Crippen MR) is 162 cm³/mol. The average molecular weight is 547 g/mol. The number of hydrogen-bond acceptors (Lipinski definition) is 8. The Balaban J connectivity index is 1.03. The first-order valence-corrected chi connectivity index (χ1v) is 14.8. The summed E-state index contributed by atoms with van der Waals surface area (Å²) < 4.78 is 13.3. The first kappa shape index (κ1) is 28.1. The Labute approximate surface area is 237 Å². The van der Waals surface area contributed by atoms with Crippen LogP contribution < -0.4 is 31.5 Å². The van der Waals surface area contributed by atoms with Gasteiger partial charge in [0.15, 0.2) is 0 Å². The Morgan fingerprint density at radius 2 is 1.48 bits per heavy atom. The maximum Gasteiger partial charge on any atom is 0.226 e. The molecule has 0 unspecified atom stereocenters.